The van der Waals surface area contributed by atoms with Crippen molar-refractivity contribution in [2.45, 2.75) is 12.8 Å². The molecular weight excluding hydrogens is 188 g/mol. The number of carboxylic acid groups (broad SMARTS) is 2. The fraction of sp³-hybridized carbons (Fsp3) is 0.375. The smallest absolute Gasteiger partial charge is 0.303 e. The fourth-order valence-corrected chi connectivity index (χ4v) is 0.540. The Morgan fingerprint density at radius 2 is 1.79 bits per heavy atom. The Labute approximate surface area is 80.8 Å². The summed E-state index contributed by atoms with van der Waals surface area (Å²) in [5.41, 5.74) is 0. The van der Waals surface area contributed by atoms with Crippen LogP contribution >= 0.6 is 0 Å². The van der Waals surface area contributed by atoms with Gasteiger partial charge in [-0.2, -0.15) is 0 Å². The maximum atomic E-state index is 9.64. The molecule has 6 heteroatoms. The van der Waals surface area contributed by atoms with Gasteiger partial charge in [-0.25, -0.2) is 4.98 Å². The van der Waals surface area contributed by atoms with Crippen LogP contribution in [0.25, 0.3) is 0 Å². The van der Waals surface area contributed by atoms with E-state index in [2.05, 4.69) is 4.98 Å². The second kappa shape index (κ2) is 6.64. The van der Waals surface area contributed by atoms with Crippen LogP contribution in [0, 0.1) is 0 Å². The van der Waals surface area contributed by atoms with Gasteiger partial charge in [-0.15, -0.1) is 0 Å². The van der Waals surface area contributed by atoms with Crippen molar-refractivity contribution in [2.75, 3.05) is 0 Å². The monoisotopic (exact) mass is 200 g/mol. The van der Waals surface area contributed by atoms with Gasteiger partial charge in [0.25, 0.3) is 0 Å². The third kappa shape index (κ3) is 8.25. The number of hydrogen-bond acceptors (Lipinski definition) is 3. The fourth-order valence-electron chi connectivity index (χ4n) is 0.540. The first-order chi connectivity index (χ1) is 6.52. The molecule has 1 aromatic rings. The summed E-state index contributed by atoms with van der Waals surface area (Å²) in [5, 5.41) is 15.8. The van der Waals surface area contributed by atoms with Crippen molar-refractivity contribution in [3.63, 3.8) is 0 Å². The third-order valence-electron chi connectivity index (χ3n) is 1.19. The first-order valence-corrected chi connectivity index (χ1v) is 3.88. The van der Waals surface area contributed by atoms with Gasteiger partial charge in [0.05, 0.1) is 19.2 Å². The van der Waals surface area contributed by atoms with Crippen molar-refractivity contribution in [2.24, 2.45) is 7.05 Å². The quantitative estimate of drug-likeness (QED) is 0.734. The SMILES string of the molecule is Cn1ccnc1.O=C(O)CCC(=O)O. The standard InChI is InChI=1S/C4H6N2.C4H6O4/c1-6-3-2-5-4-6;5-3(6)1-2-4(7)8/h2-4H,1H3;1-2H2,(H,5,6)(H,7,8). The van der Waals surface area contributed by atoms with Gasteiger partial charge < -0.3 is 14.8 Å². The number of hydrogen-bond donors (Lipinski definition) is 2. The Kier molecular flexibility index (Phi) is 5.77. The zero-order chi connectivity index (χ0) is 11.0. The predicted molar refractivity (Wildman–Crippen MR) is 47.7 cm³/mol. The molecule has 6 nitrogen and oxygen atoms in total. The van der Waals surface area contributed by atoms with E-state index in [0.717, 1.165) is 0 Å². The second-order valence-electron chi connectivity index (χ2n) is 2.52. The molecule has 0 saturated carbocycles. The van der Waals surface area contributed by atoms with Crippen LogP contribution in [0.15, 0.2) is 18.7 Å². The Balaban J connectivity index is 0.000000249. The van der Waals surface area contributed by atoms with E-state index in [9.17, 15) is 9.59 Å². The minimum absolute atomic E-state index is 0.296. The van der Waals surface area contributed by atoms with E-state index in [1.807, 2.05) is 17.8 Å². The largest absolute Gasteiger partial charge is 0.481 e. The van der Waals surface area contributed by atoms with Crippen LogP contribution < -0.4 is 0 Å². The molecular formula is C8H12N2O4. The van der Waals surface area contributed by atoms with Crippen molar-refractivity contribution >= 4 is 11.9 Å². The molecule has 0 aliphatic rings. The summed E-state index contributed by atoms with van der Waals surface area (Å²) in [6.45, 7) is 0. The van der Waals surface area contributed by atoms with Crippen molar-refractivity contribution in [3.8, 4) is 0 Å². The summed E-state index contributed by atoms with van der Waals surface area (Å²) in [4.78, 5) is 23.1. The van der Waals surface area contributed by atoms with Crippen LogP contribution in [0.1, 0.15) is 12.8 Å². The summed E-state index contributed by atoms with van der Waals surface area (Å²) >= 11 is 0. The molecule has 2 N–H and O–H groups in total. The predicted octanol–water partition coefficient (Wildman–Crippen LogP) is 0.356. The lowest BCUT2D eigenvalue weighted by atomic mass is 10.3. The van der Waals surface area contributed by atoms with Crippen LogP contribution in [-0.4, -0.2) is 31.7 Å². The Hall–Kier alpha value is -1.85. The number of nitrogens with zero attached hydrogens (tertiary/aromatic N) is 2. The molecule has 0 amide bonds. The molecule has 0 radical (unpaired) electrons. The van der Waals surface area contributed by atoms with Crippen molar-refractivity contribution < 1.29 is 19.8 Å². The zero-order valence-electron chi connectivity index (χ0n) is 7.75. The molecule has 0 bridgehead atoms. The lowest BCUT2D eigenvalue weighted by molar-refractivity contribution is -0.143. The summed E-state index contributed by atoms with van der Waals surface area (Å²) in [6.07, 6.45) is 4.80. The number of aryl methyl sites for hydroxylation is 1. The minimum Gasteiger partial charge on any atom is -0.481 e. The highest BCUT2D eigenvalue weighted by Crippen LogP contribution is 1.86. The Bertz CT molecular complexity index is 268. The number of carboxylic acids is 2. The molecule has 1 aromatic heterocycles. The van der Waals surface area contributed by atoms with Crippen LogP contribution in [0.4, 0.5) is 0 Å². The average Bonchev–Trinajstić information content (AvgIpc) is 2.53. The highest BCUT2D eigenvalue weighted by atomic mass is 16.4. The highest BCUT2D eigenvalue weighted by molar-refractivity contribution is 5.75. The summed E-state index contributed by atoms with van der Waals surface area (Å²) in [6, 6.07) is 0. The van der Waals surface area contributed by atoms with Crippen LogP contribution in [0.3, 0.4) is 0 Å². The molecule has 0 aromatic carbocycles. The van der Waals surface area contributed by atoms with Gasteiger partial charge >= 0.3 is 11.9 Å². The first kappa shape index (κ1) is 12.2. The molecule has 0 saturated heterocycles. The first-order valence-electron chi connectivity index (χ1n) is 3.88. The van der Waals surface area contributed by atoms with E-state index < -0.39 is 11.9 Å². The minimum atomic E-state index is -1.08. The van der Waals surface area contributed by atoms with E-state index in [-0.39, 0.29) is 12.8 Å². The van der Waals surface area contributed by atoms with Gasteiger partial charge in [0.15, 0.2) is 0 Å². The normalized spacial score (nSPS) is 8.64. The Morgan fingerprint density at radius 1 is 1.29 bits per heavy atom. The Morgan fingerprint density at radius 3 is 1.93 bits per heavy atom. The molecule has 0 fully saturated rings. The maximum Gasteiger partial charge on any atom is 0.303 e. The second-order valence-corrected chi connectivity index (χ2v) is 2.52. The van der Waals surface area contributed by atoms with Gasteiger partial charge in [0.2, 0.25) is 0 Å². The van der Waals surface area contributed by atoms with Crippen molar-refractivity contribution in [3.05, 3.63) is 18.7 Å². The number of carbonyl (C=O) groups is 2. The molecule has 0 aliphatic heterocycles. The lowest BCUT2D eigenvalue weighted by Crippen LogP contribution is -2.00. The van der Waals surface area contributed by atoms with Gasteiger partial charge in [0.1, 0.15) is 0 Å². The van der Waals surface area contributed by atoms with Crippen LogP contribution in [0.5, 0.6) is 0 Å². The van der Waals surface area contributed by atoms with E-state index >= 15 is 0 Å². The molecule has 0 atom stereocenters. The maximum absolute atomic E-state index is 9.64. The molecule has 0 spiro atoms. The zero-order valence-corrected chi connectivity index (χ0v) is 7.75. The van der Waals surface area contributed by atoms with E-state index in [4.69, 9.17) is 10.2 Å². The van der Waals surface area contributed by atoms with Gasteiger partial charge in [-0.05, 0) is 0 Å². The van der Waals surface area contributed by atoms with Crippen molar-refractivity contribution in [1.82, 2.24) is 9.55 Å². The molecule has 1 rings (SSSR count). The summed E-state index contributed by atoms with van der Waals surface area (Å²) in [5.74, 6) is -2.15. The average molecular weight is 200 g/mol. The molecule has 78 valence electrons. The molecule has 0 unspecified atom stereocenters. The number of aliphatic carboxylic acids is 2. The molecule has 0 aliphatic carbocycles. The molecule has 1 heterocycles. The molecule has 14 heavy (non-hydrogen) atoms. The van der Waals surface area contributed by atoms with Gasteiger partial charge in [-0.3, -0.25) is 9.59 Å². The van der Waals surface area contributed by atoms with Crippen molar-refractivity contribution in [1.29, 1.82) is 0 Å². The number of rotatable bonds is 3. The van der Waals surface area contributed by atoms with E-state index in [1.54, 1.807) is 12.5 Å². The number of aromatic nitrogens is 2. The van der Waals surface area contributed by atoms with Crippen LogP contribution in [-0.2, 0) is 16.6 Å². The number of imidazole rings is 1. The van der Waals surface area contributed by atoms with Crippen LogP contribution in [0.2, 0.25) is 0 Å². The van der Waals surface area contributed by atoms with E-state index in [0.29, 0.717) is 0 Å². The summed E-state index contributed by atoms with van der Waals surface area (Å²) < 4.78 is 1.89. The van der Waals surface area contributed by atoms with Gasteiger partial charge in [-0.1, -0.05) is 0 Å². The van der Waals surface area contributed by atoms with Gasteiger partial charge in [0, 0.05) is 19.4 Å². The summed E-state index contributed by atoms with van der Waals surface area (Å²) in [7, 11) is 1.94. The van der Waals surface area contributed by atoms with E-state index in [1.165, 1.54) is 0 Å². The highest BCUT2D eigenvalue weighted by Gasteiger charge is 2.00. The third-order valence-corrected chi connectivity index (χ3v) is 1.19. The lowest BCUT2D eigenvalue weighted by Gasteiger charge is -1.85. The topological polar surface area (TPSA) is 92.4 Å².